The molecule has 0 amide bonds. The lowest BCUT2D eigenvalue weighted by atomic mass is 10.2. The van der Waals surface area contributed by atoms with Crippen LogP contribution >= 0.6 is 47.0 Å². The van der Waals surface area contributed by atoms with Crippen LogP contribution < -0.4 is 0 Å². The number of rotatable bonds is 10. The van der Waals surface area contributed by atoms with E-state index in [1.807, 2.05) is 35.3 Å². The first-order chi connectivity index (χ1) is 10.0. The number of carbonyl (C=O) groups excluding carboxylic acids is 1. The average Bonchev–Trinajstić information content (AvgIpc) is 2.98. The molecule has 1 unspecified atom stereocenters. The van der Waals surface area contributed by atoms with Crippen LogP contribution in [-0.2, 0) is 15.7 Å². The summed E-state index contributed by atoms with van der Waals surface area (Å²) < 4.78 is 0.0158. The second-order valence-corrected chi connectivity index (χ2v) is 12.3. The Morgan fingerprint density at radius 3 is 1.86 bits per heavy atom. The van der Waals surface area contributed by atoms with E-state index in [1.165, 1.54) is 21.6 Å². The molecule has 0 spiro atoms. The lowest BCUT2D eigenvalue weighted by Crippen LogP contribution is -2.42. The van der Waals surface area contributed by atoms with E-state index in [4.69, 9.17) is 0 Å². The van der Waals surface area contributed by atoms with Gasteiger partial charge in [-0.2, -0.15) is 0 Å². The maximum atomic E-state index is 12.8. The van der Waals surface area contributed by atoms with Crippen molar-refractivity contribution in [3.05, 3.63) is 9.81 Å². The minimum atomic E-state index is 0.0158. The topological polar surface area (TPSA) is 17.1 Å². The predicted octanol–water partition coefficient (Wildman–Crippen LogP) is 4.74. The maximum absolute atomic E-state index is 12.8. The Bertz CT molecular complexity index is 376. The van der Waals surface area contributed by atoms with E-state index in [0.29, 0.717) is 5.12 Å². The first kappa shape index (κ1) is 20.2. The minimum Gasteiger partial charge on any atom is -0.281 e. The monoisotopic (exact) mass is 383 g/mol. The zero-order chi connectivity index (χ0) is 16.0. The molecule has 0 aromatic rings. The first-order valence-corrected chi connectivity index (χ1v) is 13.4. The van der Waals surface area contributed by atoms with Crippen molar-refractivity contribution >= 4 is 63.1 Å². The second-order valence-electron chi connectivity index (χ2n) is 4.70. The van der Waals surface area contributed by atoms with Gasteiger partial charge in [0.25, 0.3) is 0 Å². The third kappa shape index (κ3) is 4.37. The fourth-order valence-electron chi connectivity index (χ4n) is 2.45. The van der Waals surface area contributed by atoms with Crippen molar-refractivity contribution in [1.29, 1.82) is 0 Å². The van der Waals surface area contributed by atoms with Gasteiger partial charge in [-0.25, -0.2) is 0 Å². The van der Waals surface area contributed by atoms with Gasteiger partial charge in [-0.15, -0.1) is 35.3 Å². The molecule has 0 saturated carbocycles. The Kier molecular flexibility index (Phi) is 9.10. The van der Waals surface area contributed by atoms with Gasteiger partial charge in [-0.3, -0.25) is 4.79 Å². The molecule has 21 heavy (non-hydrogen) atoms. The Morgan fingerprint density at radius 2 is 1.52 bits per heavy atom. The summed E-state index contributed by atoms with van der Waals surface area (Å²) >= 11 is 7.41. The summed E-state index contributed by atoms with van der Waals surface area (Å²) in [5.41, 5.74) is 0. The van der Waals surface area contributed by atoms with E-state index in [9.17, 15) is 4.79 Å². The summed E-state index contributed by atoms with van der Waals surface area (Å²) in [4.78, 5) is 15.8. The third-order valence-corrected chi connectivity index (χ3v) is 9.71. The molecule has 0 bridgehead atoms. The van der Waals surface area contributed by atoms with Gasteiger partial charge in [0, 0.05) is 9.81 Å². The normalized spacial score (nSPS) is 18.2. The zero-order valence-corrected chi connectivity index (χ0v) is 17.9. The molecule has 122 valence electrons. The molecule has 0 heterocycles. The summed E-state index contributed by atoms with van der Waals surface area (Å²) in [7, 11) is 0.0985. The summed E-state index contributed by atoms with van der Waals surface area (Å²) in [6.07, 6.45) is 4.47. The van der Waals surface area contributed by atoms with Crippen LogP contribution in [0.5, 0.6) is 0 Å². The molecule has 0 aromatic heterocycles. The van der Waals surface area contributed by atoms with Crippen molar-refractivity contribution in [1.82, 2.24) is 0 Å². The zero-order valence-electron chi connectivity index (χ0n) is 13.9. The molecule has 1 nitrogen and oxygen atoms in total. The predicted molar refractivity (Wildman–Crippen MR) is 110 cm³/mol. The molecular weight excluding hydrogens is 356 g/mol. The van der Waals surface area contributed by atoms with E-state index in [0.717, 1.165) is 23.0 Å². The number of hydrogen-bond donors (Lipinski definition) is 0. The molecule has 1 aliphatic rings. The van der Waals surface area contributed by atoms with E-state index in [1.54, 1.807) is 0 Å². The fourth-order valence-corrected chi connectivity index (χ4v) is 10.4. The van der Waals surface area contributed by atoms with Crippen LogP contribution in [-0.4, -0.2) is 50.6 Å². The molecule has 0 N–H and O–H groups in total. The van der Waals surface area contributed by atoms with Crippen molar-refractivity contribution in [2.45, 2.75) is 37.7 Å². The van der Waals surface area contributed by atoms with Gasteiger partial charge in [0.15, 0.2) is 0 Å². The highest BCUT2D eigenvalue weighted by Crippen LogP contribution is 2.67. The van der Waals surface area contributed by atoms with Gasteiger partial charge in [-0.05, 0) is 33.9 Å². The molecule has 0 fully saturated rings. The Morgan fingerprint density at radius 1 is 1.00 bits per heavy atom. The van der Waals surface area contributed by atoms with Crippen LogP contribution in [0.25, 0.3) is 0 Å². The lowest BCUT2D eigenvalue weighted by molar-refractivity contribution is -0.110. The minimum absolute atomic E-state index is 0.0158. The summed E-state index contributed by atoms with van der Waals surface area (Å²) in [6.45, 7) is 8.71. The third-order valence-electron chi connectivity index (χ3n) is 3.11. The van der Waals surface area contributed by atoms with Crippen LogP contribution in [0.4, 0.5) is 0 Å². The van der Waals surface area contributed by atoms with Crippen LogP contribution in [0.1, 0.15) is 27.7 Å². The van der Waals surface area contributed by atoms with Crippen LogP contribution in [0.3, 0.4) is 0 Å². The van der Waals surface area contributed by atoms with Crippen molar-refractivity contribution in [3.63, 3.8) is 0 Å². The van der Waals surface area contributed by atoms with Gasteiger partial charge in [0.2, 0.25) is 10.4 Å². The Labute approximate surface area is 150 Å². The summed E-state index contributed by atoms with van der Waals surface area (Å²) in [6, 6.07) is 0. The number of hydrogen-bond acceptors (Lipinski definition) is 5. The summed E-state index contributed by atoms with van der Waals surface area (Å²) in [5.74, 6) is 4.14. The quantitative estimate of drug-likeness (QED) is 0.505. The fraction of sp³-hybridized carbons (Fsp3) is 0.800. The van der Waals surface area contributed by atoms with Crippen LogP contribution in [0.2, 0.25) is 0 Å². The molecule has 0 radical (unpaired) electrons. The largest absolute Gasteiger partial charge is 0.281 e. The molecule has 1 rings (SSSR count). The SMILES string of the molecule is CCSC(=O)C([S+](C)C)C1(SCC)C(SCC)=C1SCC. The maximum Gasteiger partial charge on any atom is 0.243 e. The van der Waals surface area contributed by atoms with Crippen LogP contribution in [0.15, 0.2) is 9.81 Å². The standard InChI is InChI=1S/C15H27OS5/c1-7-17-11-12(18-8-2)15(11,20-10-4)13(21(5)6)14(16)19-9-3/h13H,7-10H2,1-6H3/q+1. The van der Waals surface area contributed by atoms with Crippen molar-refractivity contribution in [3.8, 4) is 0 Å². The van der Waals surface area contributed by atoms with Crippen molar-refractivity contribution in [2.24, 2.45) is 0 Å². The number of thioether (sulfide) groups is 4. The van der Waals surface area contributed by atoms with Gasteiger partial charge in [0.1, 0.15) is 4.75 Å². The van der Waals surface area contributed by atoms with E-state index in [2.05, 4.69) is 40.2 Å². The highest BCUT2D eigenvalue weighted by Gasteiger charge is 2.65. The molecule has 1 atom stereocenters. The van der Waals surface area contributed by atoms with E-state index < -0.39 is 0 Å². The van der Waals surface area contributed by atoms with Crippen LogP contribution in [0, 0.1) is 0 Å². The molecule has 0 aliphatic heterocycles. The van der Waals surface area contributed by atoms with Gasteiger partial charge in [-0.1, -0.05) is 39.5 Å². The molecule has 0 saturated heterocycles. The molecule has 0 aromatic carbocycles. The molecule has 6 heteroatoms. The van der Waals surface area contributed by atoms with Gasteiger partial charge >= 0.3 is 0 Å². The van der Waals surface area contributed by atoms with Gasteiger partial charge < -0.3 is 0 Å². The van der Waals surface area contributed by atoms with Gasteiger partial charge in [0.05, 0.1) is 12.5 Å². The van der Waals surface area contributed by atoms with Crippen molar-refractivity contribution in [2.75, 3.05) is 35.5 Å². The number of carbonyl (C=O) groups is 1. The van der Waals surface area contributed by atoms with Crippen molar-refractivity contribution < 1.29 is 4.79 Å². The Balaban J connectivity index is 3.11. The van der Waals surface area contributed by atoms with E-state index in [-0.39, 0.29) is 20.9 Å². The lowest BCUT2D eigenvalue weighted by Gasteiger charge is -2.25. The molecular formula is C15H27OS5+. The summed E-state index contributed by atoms with van der Waals surface area (Å²) in [5, 5.41) is 0.545. The Hall–Kier alpha value is 1.16. The second kappa shape index (κ2) is 9.45. The smallest absolute Gasteiger partial charge is 0.243 e. The highest BCUT2D eigenvalue weighted by molar-refractivity contribution is 8.17. The molecule has 1 aliphatic carbocycles. The van der Waals surface area contributed by atoms with E-state index >= 15 is 0 Å². The average molecular weight is 384 g/mol. The highest BCUT2D eigenvalue weighted by atomic mass is 32.2. The first-order valence-electron chi connectivity index (χ1n) is 7.38.